The highest BCUT2D eigenvalue weighted by atomic mass is 19.1. The van der Waals surface area contributed by atoms with Gasteiger partial charge in [-0.25, -0.2) is 9.82 Å². The summed E-state index contributed by atoms with van der Waals surface area (Å²) in [5, 5.41) is 8.03. The van der Waals surface area contributed by atoms with Crippen LogP contribution in [0, 0.1) is 5.82 Å². The van der Waals surface area contributed by atoms with Crippen LogP contribution in [0.15, 0.2) is 72.1 Å². The van der Waals surface area contributed by atoms with Crippen LogP contribution in [0.4, 0.5) is 4.39 Å². The second-order valence-corrected chi connectivity index (χ2v) is 5.15. The fraction of sp³-hybridized carbons (Fsp3) is 0.0556. The summed E-state index contributed by atoms with van der Waals surface area (Å²) in [4.78, 5) is 12.1. The lowest BCUT2D eigenvalue weighted by atomic mass is 10.1. The number of amides is 1. The van der Waals surface area contributed by atoms with Crippen molar-refractivity contribution in [2.24, 2.45) is 5.10 Å². The molecule has 0 spiro atoms. The number of nitrogens with one attached hydrogen (secondary N) is 1. The molecule has 0 saturated carbocycles. The predicted molar refractivity (Wildman–Crippen MR) is 89.2 cm³/mol. The zero-order valence-electron chi connectivity index (χ0n) is 12.8. The molecule has 1 heterocycles. The smallest absolute Gasteiger partial charge is 0.268 e. The Labute approximate surface area is 138 Å². The second kappa shape index (κ2) is 7.32. The maximum absolute atomic E-state index is 12.8. The molecule has 1 N–H and O–H groups in total. The van der Waals surface area contributed by atoms with E-state index in [-0.39, 0.29) is 11.7 Å². The first kappa shape index (κ1) is 15.6. The van der Waals surface area contributed by atoms with Crippen molar-refractivity contribution in [3.8, 4) is 0 Å². The molecule has 0 saturated heterocycles. The molecule has 0 aliphatic heterocycles. The van der Waals surface area contributed by atoms with Gasteiger partial charge in [-0.3, -0.25) is 9.48 Å². The summed E-state index contributed by atoms with van der Waals surface area (Å²) in [5.41, 5.74) is 4.64. The van der Waals surface area contributed by atoms with Crippen LogP contribution in [0.1, 0.15) is 21.5 Å². The van der Waals surface area contributed by atoms with E-state index in [1.54, 1.807) is 35.1 Å². The van der Waals surface area contributed by atoms with E-state index in [2.05, 4.69) is 15.6 Å². The van der Waals surface area contributed by atoms with Gasteiger partial charge in [-0.15, -0.1) is 0 Å². The summed E-state index contributed by atoms with van der Waals surface area (Å²) in [6.45, 7) is 0.590. The average Bonchev–Trinajstić information content (AvgIpc) is 3.10. The van der Waals surface area contributed by atoms with E-state index in [4.69, 9.17) is 0 Å². The SMILES string of the molecule is O=C(N/N=C/c1ccc(F)cc1)c1cccc(Cn2cccn2)c1. The number of hydrogen-bond donors (Lipinski definition) is 1. The molecule has 3 aromatic rings. The van der Waals surface area contributed by atoms with Crippen molar-refractivity contribution in [1.29, 1.82) is 0 Å². The van der Waals surface area contributed by atoms with Crippen molar-refractivity contribution >= 4 is 12.1 Å². The monoisotopic (exact) mass is 322 g/mol. The second-order valence-electron chi connectivity index (χ2n) is 5.15. The van der Waals surface area contributed by atoms with Gasteiger partial charge in [-0.2, -0.15) is 10.2 Å². The van der Waals surface area contributed by atoms with Crippen molar-refractivity contribution in [3.05, 3.63) is 89.5 Å². The maximum atomic E-state index is 12.8. The summed E-state index contributed by atoms with van der Waals surface area (Å²) in [6, 6.07) is 14.9. The van der Waals surface area contributed by atoms with Crippen molar-refractivity contribution in [3.63, 3.8) is 0 Å². The summed E-state index contributed by atoms with van der Waals surface area (Å²) in [7, 11) is 0. The topological polar surface area (TPSA) is 59.3 Å². The highest BCUT2D eigenvalue weighted by Gasteiger charge is 2.05. The number of aromatic nitrogens is 2. The third kappa shape index (κ3) is 4.13. The van der Waals surface area contributed by atoms with Gasteiger partial charge in [0.1, 0.15) is 5.82 Å². The van der Waals surface area contributed by atoms with Gasteiger partial charge in [0, 0.05) is 18.0 Å². The molecule has 0 atom stereocenters. The van der Waals surface area contributed by atoms with Crippen molar-refractivity contribution in [1.82, 2.24) is 15.2 Å². The molecule has 0 radical (unpaired) electrons. The molecule has 0 aliphatic carbocycles. The van der Waals surface area contributed by atoms with Gasteiger partial charge < -0.3 is 0 Å². The first-order valence-corrected chi connectivity index (χ1v) is 7.36. The maximum Gasteiger partial charge on any atom is 0.271 e. The van der Waals surface area contributed by atoms with Crippen molar-refractivity contribution in [2.75, 3.05) is 0 Å². The van der Waals surface area contributed by atoms with Crippen LogP contribution in [0.5, 0.6) is 0 Å². The normalized spacial score (nSPS) is 10.9. The van der Waals surface area contributed by atoms with Crippen LogP contribution in [-0.2, 0) is 6.54 Å². The lowest BCUT2D eigenvalue weighted by molar-refractivity contribution is 0.0955. The van der Waals surface area contributed by atoms with Gasteiger partial charge in [0.05, 0.1) is 12.8 Å². The van der Waals surface area contributed by atoms with Gasteiger partial charge in [0.25, 0.3) is 5.91 Å². The van der Waals surface area contributed by atoms with E-state index >= 15 is 0 Å². The largest absolute Gasteiger partial charge is 0.271 e. The minimum absolute atomic E-state index is 0.310. The Morgan fingerprint density at radius 1 is 1.21 bits per heavy atom. The Morgan fingerprint density at radius 3 is 2.79 bits per heavy atom. The zero-order chi connectivity index (χ0) is 16.8. The van der Waals surface area contributed by atoms with Gasteiger partial charge in [0.2, 0.25) is 0 Å². The number of carbonyl (C=O) groups excluding carboxylic acids is 1. The van der Waals surface area contributed by atoms with E-state index in [9.17, 15) is 9.18 Å². The Kier molecular flexibility index (Phi) is 4.76. The minimum atomic E-state index is -0.315. The lowest BCUT2D eigenvalue weighted by Crippen LogP contribution is -2.18. The van der Waals surface area contributed by atoms with Gasteiger partial charge in [-0.05, 0) is 41.5 Å². The molecule has 0 bridgehead atoms. The number of carbonyl (C=O) groups is 1. The van der Waals surface area contributed by atoms with Gasteiger partial charge in [-0.1, -0.05) is 24.3 Å². The van der Waals surface area contributed by atoms with Crippen LogP contribution in [-0.4, -0.2) is 21.9 Å². The number of benzene rings is 2. The van der Waals surface area contributed by atoms with Gasteiger partial charge >= 0.3 is 0 Å². The van der Waals surface area contributed by atoms with Crippen LogP contribution in [0.3, 0.4) is 0 Å². The highest BCUT2D eigenvalue weighted by molar-refractivity contribution is 5.95. The molecule has 6 heteroatoms. The molecular formula is C18H15FN4O. The number of hydrogen-bond acceptors (Lipinski definition) is 3. The summed E-state index contributed by atoms with van der Waals surface area (Å²) in [6.07, 6.45) is 5.03. The quantitative estimate of drug-likeness (QED) is 0.580. The molecular weight excluding hydrogens is 307 g/mol. The molecule has 1 aromatic heterocycles. The Morgan fingerprint density at radius 2 is 2.04 bits per heavy atom. The molecule has 2 aromatic carbocycles. The summed E-state index contributed by atoms with van der Waals surface area (Å²) >= 11 is 0. The van der Waals surface area contributed by atoms with Gasteiger partial charge in [0.15, 0.2) is 0 Å². The summed E-state index contributed by atoms with van der Waals surface area (Å²) in [5.74, 6) is -0.624. The fourth-order valence-corrected chi connectivity index (χ4v) is 2.17. The molecule has 0 unspecified atom stereocenters. The van der Waals surface area contributed by atoms with E-state index in [0.29, 0.717) is 17.7 Å². The predicted octanol–water partition coefficient (Wildman–Crippen LogP) is 2.83. The molecule has 0 fully saturated rings. The zero-order valence-corrected chi connectivity index (χ0v) is 12.8. The average molecular weight is 322 g/mol. The number of hydrazone groups is 1. The molecule has 0 aliphatic rings. The van der Waals surface area contributed by atoms with E-state index in [1.807, 2.05) is 24.4 Å². The van der Waals surface area contributed by atoms with E-state index in [1.165, 1.54) is 18.3 Å². The Bertz CT molecular complexity index is 842. The lowest BCUT2D eigenvalue weighted by Gasteiger charge is -2.05. The first-order valence-electron chi connectivity index (χ1n) is 7.36. The molecule has 5 nitrogen and oxygen atoms in total. The third-order valence-corrected chi connectivity index (χ3v) is 3.34. The molecule has 3 rings (SSSR count). The van der Waals surface area contributed by atoms with Crippen LogP contribution >= 0.6 is 0 Å². The molecule has 24 heavy (non-hydrogen) atoms. The Balaban J connectivity index is 1.63. The number of halogens is 1. The summed E-state index contributed by atoms with van der Waals surface area (Å²) < 4.78 is 14.6. The van der Waals surface area contributed by atoms with Crippen LogP contribution < -0.4 is 5.43 Å². The number of nitrogens with zero attached hydrogens (tertiary/aromatic N) is 3. The first-order chi connectivity index (χ1) is 11.7. The third-order valence-electron chi connectivity index (χ3n) is 3.34. The van der Waals surface area contributed by atoms with Crippen LogP contribution in [0.2, 0.25) is 0 Å². The Hall–Kier alpha value is -3.28. The van der Waals surface area contributed by atoms with E-state index < -0.39 is 0 Å². The van der Waals surface area contributed by atoms with Crippen LogP contribution in [0.25, 0.3) is 0 Å². The molecule has 120 valence electrons. The standard InChI is InChI=1S/C18H15FN4O/c19-17-7-5-14(6-8-17)12-20-22-18(24)16-4-1-3-15(11-16)13-23-10-2-9-21-23/h1-12H,13H2,(H,22,24)/b20-12+. The highest BCUT2D eigenvalue weighted by Crippen LogP contribution is 2.07. The molecule has 1 amide bonds. The van der Waals surface area contributed by atoms with Crippen molar-refractivity contribution in [2.45, 2.75) is 6.54 Å². The fourth-order valence-electron chi connectivity index (χ4n) is 2.17. The van der Waals surface area contributed by atoms with Crippen molar-refractivity contribution < 1.29 is 9.18 Å². The minimum Gasteiger partial charge on any atom is -0.268 e. The number of rotatable bonds is 5. The van der Waals surface area contributed by atoms with E-state index in [0.717, 1.165) is 5.56 Å².